The zero-order valence-corrected chi connectivity index (χ0v) is 9.95. The van der Waals surface area contributed by atoms with Gasteiger partial charge in [0, 0.05) is 11.9 Å². The molecule has 0 unspecified atom stereocenters. The Balaban J connectivity index is 2.20. The van der Waals surface area contributed by atoms with Gasteiger partial charge in [-0.15, -0.1) is 0 Å². The van der Waals surface area contributed by atoms with Crippen LogP contribution in [0.5, 0.6) is 5.88 Å². The zero-order chi connectivity index (χ0) is 11.5. The van der Waals surface area contributed by atoms with Gasteiger partial charge in [-0.2, -0.15) is 5.10 Å². The summed E-state index contributed by atoms with van der Waals surface area (Å²) in [6.07, 6.45) is 2.77. The number of nitrogens with one attached hydrogen (secondary N) is 1. The standard InChI is InChI=1S/C12H17N3O/c1-8(2)5-7-16-12-11-9(3)14-15-10(11)4-6-13-12/h4,6,8H,5,7H2,1-3H3,(H,14,15). The number of fused-ring (bicyclic) bond motifs is 1. The Morgan fingerprint density at radius 3 is 3.00 bits per heavy atom. The summed E-state index contributed by atoms with van der Waals surface area (Å²) in [6.45, 7) is 7.04. The van der Waals surface area contributed by atoms with Gasteiger partial charge < -0.3 is 4.74 Å². The van der Waals surface area contributed by atoms with Crippen LogP contribution in [0, 0.1) is 12.8 Å². The SMILES string of the molecule is Cc1[nH]nc2ccnc(OCCC(C)C)c12. The quantitative estimate of drug-likeness (QED) is 0.860. The molecule has 0 spiro atoms. The normalized spacial score (nSPS) is 11.2. The molecule has 0 aliphatic carbocycles. The molecule has 0 saturated heterocycles. The van der Waals surface area contributed by atoms with Crippen molar-refractivity contribution in [1.82, 2.24) is 15.2 Å². The van der Waals surface area contributed by atoms with E-state index in [2.05, 4.69) is 29.0 Å². The molecule has 4 nitrogen and oxygen atoms in total. The molecule has 0 saturated carbocycles. The molecule has 2 heterocycles. The van der Waals surface area contributed by atoms with Crippen LogP contribution in [0.2, 0.25) is 0 Å². The fraction of sp³-hybridized carbons (Fsp3) is 0.500. The second kappa shape index (κ2) is 4.51. The fourth-order valence-corrected chi connectivity index (χ4v) is 1.58. The Hall–Kier alpha value is -1.58. The van der Waals surface area contributed by atoms with Gasteiger partial charge in [-0.05, 0) is 25.3 Å². The van der Waals surface area contributed by atoms with Crippen molar-refractivity contribution in [3.05, 3.63) is 18.0 Å². The number of hydrogen-bond acceptors (Lipinski definition) is 3. The molecule has 0 amide bonds. The van der Waals surface area contributed by atoms with Crippen LogP contribution in [-0.2, 0) is 0 Å². The summed E-state index contributed by atoms with van der Waals surface area (Å²) in [5.74, 6) is 1.33. The number of hydrogen-bond donors (Lipinski definition) is 1. The van der Waals surface area contributed by atoms with E-state index in [0.717, 1.165) is 23.0 Å². The second-order valence-electron chi connectivity index (χ2n) is 4.39. The lowest BCUT2D eigenvalue weighted by atomic mass is 10.1. The molecule has 0 atom stereocenters. The van der Waals surface area contributed by atoms with Crippen molar-refractivity contribution in [2.75, 3.05) is 6.61 Å². The third-order valence-corrected chi connectivity index (χ3v) is 2.55. The van der Waals surface area contributed by atoms with Crippen molar-refractivity contribution in [2.24, 2.45) is 5.92 Å². The minimum atomic E-state index is 0.643. The monoisotopic (exact) mass is 219 g/mol. The highest BCUT2D eigenvalue weighted by Crippen LogP contribution is 2.24. The van der Waals surface area contributed by atoms with Gasteiger partial charge in [0.15, 0.2) is 0 Å². The Morgan fingerprint density at radius 1 is 1.44 bits per heavy atom. The number of H-pyrrole nitrogens is 1. The van der Waals surface area contributed by atoms with Crippen molar-refractivity contribution < 1.29 is 4.74 Å². The van der Waals surface area contributed by atoms with E-state index in [0.29, 0.717) is 18.4 Å². The predicted molar refractivity (Wildman–Crippen MR) is 63.6 cm³/mol. The van der Waals surface area contributed by atoms with E-state index in [-0.39, 0.29) is 0 Å². The molecule has 0 radical (unpaired) electrons. The Labute approximate surface area is 95.0 Å². The van der Waals surface area contributed by atoms with Crippen LogP contribution < -0.4 is 4.74 Å². The van der Waals surface area contributed by atoms with Crippen molar-refractivity contribution in [1.29, 1.82) is 0 Å². The first-order chi connectivity index (χ1) is 7.68. The highest BCUT2D eigenvalue weighted by Gasteiger charge is 2.09. The van der Waals surface area contributed by atoms with E-state index in [9.17, 15) is 0 Å². The van der Waals surface area contributed by atoms with E-state index in [4.69, 9.17) is 4.74 Å². The van der Waals surface area contributed by atoms with E-state index < -0.39 is 0 Å². The molecule has 0 bridgehead atoms. The Morgan fingerprint density at radius 2 is 2.25 bits per heavy atom. The first-order valence-corrected chi connectivity index (χ1v) is 5.61. The topological polar surface area (TPSA) is 50.8 Å². The number of nitrogens with zero attached hydrogens (tertiary/aromatic N) is 2. The number of ether oxygens (including phenoxy) is 1. The molecule has 2 aromatic heterocycles. The summed E-state index contributed by atoms with van der Waals surface area (Å²) in [6, 6.07) is 1.88. The molecular formula is C12H17N3O. The summed E-state index contributed by atoms with van der Waals surface area (Å²) in [5.41, 5.74) is 1.91. The fourth-order valence-electron chi connectivity index (χ4n) is 1.58. The molecule has 16 heavy (non-hydrogen) atoms. The molecule has 86 valence electrons. The predicted octanol–water partition coefficient (Wildman–Crippen LogP) is 2.69. The van der Waals surface area contributed by atoms with Gasteiger partial charge in [0.2, 0.25) is 5.88 Å². The third kappa shape index (κ3) is 2.15. The summed E-state index contributed by atoms with van der Waals surface area (Å²) in [4.78, 5) is 4.25. The largest absolute Gasteiger partial charge is 0.477 e. The maximum Gasteiger partial charge on any atom is 0.224 e. The first-order valence-electron chi connectivity index (χ1n) is 5.61. The number of aromatic nitrogens is 3. The number of pyridine rings is 1. The van der Waals surface area contributed by atoms with Crippen molar-refractivity contribution in [3.8, 4) is 5.88 Å². The molecule has 2 aromatic rings. The third-order valence-electron chi connectivity index (χ3n) is 2.55. The number of aryl methyl sites for hydroxylation is 1. The number of rotatable bonds is 4. The number of aromatic amines is 1. The molecule has 0 fully saturated rings. The van der Waals surface area contributed by atoms with Crippen LogP contribution in [0.25, 0.3) is 10.9 Å². The molecule has 2 rings (SSSR count). The first kappa shape index (κ1) is 10.9. The van der Waals surface area contributed by atoms with Crippen LogP contribution in [0.15, 0.2) is 12.3 Å². The summed E-state index contributed by atoms with van der Waals surface area (Å²) >= 11 is 0. The van der Waals surface area contributed by atoms with Gasteiger partial charge in [0.1, 0.15) is 0 Å². The molecule has 4 heteroatoms. The minimum absolute atomic E-state index is 0.643. The van der Waals surface area contributed by atoms with Crippen molar-refractivity contribution in [2.45, 2.75) is 27.2 Å². The Kier molecular flexibility index (Phi) is 3.08. The van der Waals surface area contributed by atoms with Crippen LogP contribution in [0.3, 0.4) is 0 Å². The molecule has 0 aromatic carbocycles. The van der Waals surface area contributed by atoms with Crippen molar-refractivity contribution in [3.63, 3.8) is 0 Å². The van der Waals surface area contributed by atoms with Gasteiger partial charge >= 0.3 is 0 Å². The van der Waals surface area contributed by atoms with Gasteiger partial charge in [0.05, 0.1) is 17.5 Å². The van der Waals surface area contributed by atoms with Crippen molar-refractivity contribution >= 4 is 10.9 Å². The van der Waals surface area contributed by atoms with Crippen LogP contribution >= 0.6 is 0 Å². The summed E-state index contributed by atoms with van der Waals surface area (Å²) in [5, 5.41) is 8.12. The van der Waals surface area contributed by atoms with E-state index in [1.807, 2.05) is 13.0 Å². The lowest BCUT2D eigenvalue weighted by Gasteiger charge is -2.07. The van der Waals surface area contributed by atoms with Gasteiger partial charge in [0.25, 0.3) is 0 Å². The smallest absolute Gasteiger partial charge is 0.224 e. The summed E-state index contributed by atoms with van der Waals surface area (Å²) in [7, 11) is 0. The highest BCUT2D eigenvalue weighted by atomic mass is 16.5. The van der Waals surface area contributed by atoms with Crippen LogP contribution in [0.4, 0.5) is 0 Å². The molecule has 0 aliphatic rings. The minimum Gasteiger partial charge on any atom is -0.477 e. The lowest BCUT2D eigenvalue weighted by molar-refractivity contribution is 0.283. The summed E-state index contributed by atoms with van der Waals surface area (Å²) < 4.78 is 5.70. The van der Waals surface area contributed by atoms with Crippen LogP contribution in [-0.4, -0.2) is 21.8 Å². The maximum absolute atomic E-state index is 5.70. The average molecular weight is 219 g/mol. The average Bonchev–Trinajstić information content (AvgIpc) is 2.61. The highest BCUT2D eigenvalue weighted by molar-refractivity contribution is 5.85. The van der Waals surface area contributed by atoms with Gasteiger partial charge in [-0.25, -0.2) is 4.98 Å². The second-order valence-corrected chi connectivity index (χ2v) is 4.39. The molecule has 1 N–H and O–H groups in total. The van der Waals surface area contributed by atoms with Gasteiger partial charge in [-0.3, -0.25) is 5.10 Å². The van der Waals surface area contributed by atoms with E-state index in [1.54, 1.807) is 6.20 Å². The Bertz CT molecular complexity index is 476. The van der Waals surface area contributed by atoms with E-state index in [1.165, 1.54) is 0 Å². The van der Waals surface area contributed by atoms with Crippen LogP contribution in [0.1, 0.15) is 26.0 Å². The lowest BCUT2D eigenvalue weighted by Crippen LogP contribution is -2.02. The maximum atomic E-state index is 5.70. The molecule has 0 aliphatic heterocycles. The molecular weight excluding hydrogens is 202 g/mol. The van der Waals surface area contributed by atoms with Gasteiger partial charge in [-0.1, -0.05) is 13.8 Å². The van der Waals surface area contributed by atoms with E-state index >= 15 is 0 Å². The zero-order valence-electron chi connectivity index (χ0n) is 9.95.